The van der Waals surface area contributed by atoms with E-state index in [1.807, 2.05) is 66.3 Å². The third-order valence-corrected chi connectivity index (χ3v) is 5.70. The van der Waals surface area contributed by atoms with Gasteiger partial charge in [0.1, 0.15) is 0 Å². The number of nitrogens with one attached hydrogen (secondary N) is 1. The average molecular weight is 418 g/mol. The second-order valence-electron chi connectivity index (χ2n) is 7.52. The van der Waals surface area contributed by atoms with Crippen LogP contribution in [0.4, 0.5) is 5.69 Å². The number of amides is 1. The molecule has 7 heteroatoms. The van der Waals surface area contributed by atoms with Crippen LogP contribution < -0.4 is 5.32 Å². The summed E-state index contributed by atoms with van der Waals surface area (Å²) in [7, 11) is 0. The number of hydrogen-bond acceptors (Lipinski definition) is 3. The summed E-state index contributed by atoms with van der Waals surface area (Å²) in [4.78, 5) is 13.1. The number of carbonyl (C=O) groups is 1. The van der Waals surface area contributed by atoms with Gasteiger partial charge in [0.05, 0.1) is 28.8 Å². The first-order valence-corrected chi connectivity index (χ1v) is 10.2. The van der Waals surface area contributed by atoms with Gasteiger partial charge < -0.3 is 5.32 Å². The van der Waals surface area contributed by atoms with Gasteiger partial charge in [-0.15, -0.1) is 0 Å². The van der Waals surface area contributed by atoms with Gasteiger partial charge in [0.25, 0.3) is 5.91 Å². The molecular weight excluding hydrogens is 398 g/mol. The third-order valence-electron chi connectivity index (χ3n) is 5.29. The predicted octanol–water partition coefficient (Wildman–Crippen LogP) is 5.15. The van der Waals surface area contributed by atoms with Gasteiger partial charge in [0, 0.05) is 29.0 Å². The van der Waals surface area contributed by atoms with Crippen LogP contribution in [0.5, 0.6) is 0 Å². The number of carbonyl (C=O) groups excluding carboxylic acids is 1. The summed E-state index contributed by atoms with van der Waals surface area (Å²) in [5.41, 5.74) is 5.00. The Hall–Kier alpha value is -3.38. The van der Waals surface area contributed by atoms with Crippen LogP contribution >= 0.6 is 11.6 Å². The zero-order valence-electron chi connectivity index (χ0n) is 16.4. The molecule has 2 aromatic heterocycles. The van der Waals surface area contributed by atoms with Crippen LogP contribution in [0.3, 0.4) is 0 Å². The summed E-state index contributed by atoms with van der Waals surface area (Å²) in [5.74, 6) is 0.169. The number of rotatable bonds is 5. The molecule has 2 heterocycles. The lowest BCUT2D eigenvalue weighted by molar-refractivity contribution is 0.102. The van der Waals surface area contributed by atoms with Crippen molar-refractivity contribution < 1.29 is 4.79 Å². The minimum absolute atomic E-state index is 0.168. The van der Waals surface area contributed by atoms with E-state index in [1.54, 1.807) is 17.1 Å². The number of aryl methyl sites for hydroxylation is 1. The second-order valence-corrected chi connectivity index (χ2v) is 7.93. The maximum Gasteiger partial charge on any atom is 0.259 e. The Morgan fingerprint density at radius 3 is 2.70 bits per heavy atom. The topological polar surface area (TPSA) is 64.7 Å². The molecule has 0 atom stereocenters. The Morgan fingerprint density at radius 2 is 1.97 bits per heavy atom. The molecule has 150 valence electrons. The molecule has 0 spiro atoms. The Balaban J connectivity index is 1.46. The van der Waals surface area contributed by atoms with Gasteiger partial charge in [0.2, 0.25) is 0 Å². The Morgan fingerprint density at radius 1 is 1.10 bits per heavy atom. The van der Waals surface area contributed by atoms with E-state index in [0.717, 1.165) is 35.5 Å². The zero-order chi connectivity index (χ0) is 20.7. The summed E-state index contributed by atoms with van der Waals surface area (Å²) < 4.78 is 3.60. The van der Waals surface area contributed by atoms with E-state index in [-0.39, 0.29) is 5.91 Å². The van der Waals surface area contributed by atoms with Gasteiger partial charge >= 0.3 is 0 Å². The standard InChI is InChI=1S/C23H20ClN5O/c1-15-6-9-19(13-21(15)24)29-22(16-7-8-16)20(14-26-29)23(30)27-17-4-2-5-18(12-17)28-11-3-10-25-28/h2-6,9-14,16H,7-8H2,1H3,(H,27,30). The summed E-state index contributed by atoms with van der Waals surface area (Å²) in [6.45, 7) is 1.97. The van der Waals surface area contributed by atoms with Crippen molar-refractivity contribution in [2.75, 3.05) is 5.32 Å². The van der Waals surface area contributed by atoms with Crippen molar-refractivity contribution in [2.45, 2.75) is 25.7 Å². The first-order valence-electron chi connectivity index (χ1n) is 9.86. The summed E-state index contributed by atoms with van der Waals surface area (Å²) in [6.07, 6.45) is 7.34. The van der Waals surface area contributed by atoms with E-state index in [9.17, 15) is 4.79 Å². The first-order chi connectivity index (χ1) is 14.6. The highest BCUT2D eigenvalue weighted by Gasteiger charge is 2.33. The van der Waals surface area contributed by atoms with Crippen LogP contribution in [0, 0.1) is 6.92 Å². The van der Waals surface area contributed by atoms with Gasteiger partial charge in [-0.05, 0) is 61.7 Å². The van der Waals surface area contributed by atoms with Crippen LogP contribution in [-0.4, -0.2) is 25.5 Å². The molecule has 0 aliphatic heterocycles. The number of hydrogen-bond donors (Lipinski definition) is 1. The fourth-order valence-corrected chi connectivity index (χ4v) is 3.72. The molecule has 5 rings (SSSR count). The van der Waals surface area contributed by atoms with Crippen LogP contribution in [-0.2, 0) is 0 Å². The van der Waals surface area contributed by atoms with Gasteiger partial charge in [-0.3, -0.25) is 4.79 Å². The highest BCUT2D eigenvalue weighted by atomic mass is 35.5. The Bertz CT molecular complexity index is 1220. The highest BCUT2D eigenvalue weighted by Crippen LogP contribution is 2.42. The molecule has 2 aromatic carbocycles. The van der Waals surface area contributed by atoms with E-state index in [4.69, 9.17) is 11.6 Å². The van der Waals surface area contributed by atoms with Crippen molar-refractivity contribution in [2.24, 2.45) is 0 Å². The number of aromatic nitrogens is 4. The van der Waals surface area contributed by atoms with Gasteiger partial charge in [0.15, 0.2) is 0 Å². The fourth-order valence-electron chi connectivity index (χ4n) is 3.55. The number of nitrogens with zero attached hydrogens (tertiary/aromatic N) is 4. The minimum atomic E-state index is -0.168. The summed E-state index contributed by atoms with van der Waals surface area (Å²) in [6, 6.07) is 15.3. The molecule has 6 nitrogen and oxygen atoms in total. The zero-order valence-corrected chi connectivity index (χ0v) is 17.2. The molecule has 0 unspecified atom stereocenters. The normalized spacial score (nSPS) is 13.4. The Kier molecular flexibility index (Phi) is 4.64. The van der Waals surface area contributed by atoms with E-state index in [0.29, 0.717) is 22.2 Å². The van der Waals surface area contributed by atoms with Crippen molar-refractivity contribution in [3.63, 3.8) is 0 Å². The maximum atomic E-state index is 13.1. The van der Waals surface area contributed by atoms with Crippen LogP contribution in [0.25, 0.3) is 11.4 Å². The molecule has 1 aliphatic rings. The number of benzene rings is 2. The molecule has 1 saturated carbocycles. The van der Waals surface area contributed by atoms with Crippen LogP contribution in [0.1, 0.15) is 40.4 Å². The van der Waals surface area contributed by atoms with E-state index < -0.39 is 0 Å². The van der Waals surface area contributed by atoms with Crippen molar-refractivity contribution in [1.29, 1.82) is 0 Å². The molecule has 0 radical (unpaired) electrons. The third kappa shape index (κ3) is 3.50. The van der Waals surface area contributed by atoms with Crippen molar-refractivity contribution in [3.05, 3.63) is 89.0 Å². The lowest BCUT2D eigenvalue weighted by Gasteiger charge is -2.11. The minimum Gasteiger partial charge on any atom is -0.322 e. The van der Waals surface area contributed by atoms with Crippen molar-refractivity contribution >= 4 is 23.2 Å². The Labute approximate surface area is 179 Å². The average Bonchev–Trinajstić information content (AvgIpc) is 3.26. The predicted molar refractivity (Wildman–Crippen MR) is 117 cm³/mol. The lowest BCUT2D eigenvalue weighted by atomic mass is 10.1. The summed E-state index contributed by atoms with van der Waals surface area (Å²) in [5, 5.41) is 12.5. The molecule has 1 aliphatic carbocycles. The van der Waals surface area contributed by atoms with E-state index in [1.165, 1.54) is 0 Å². The molecule has 30 heavy (non-hydrogen) atoms. The van der Waals surface area contributed by atoms with Gasteiger partial charge in [-0.1, -0.05) is 23.7 Å². The van der Waals surface area contributed by atoms with Crippen LogP contribution in [0.2, 0.25) is 5.02 Å². The van der Waals surface area contributed by atoms with Crippen molar-refractivity contribution in [1.82, 2.24) is 19.6 Å². The molecule has 1 amide bonds. The molecular formula is C23H20ClN5O. The van der Waals surface area contributed by atoms with E-state index in [2.05, 4.69) is 15.5 Å². The van der Waals surface area contributed by atoms with Gasteiger partial charge in [-0.2, -0.15) is 10.2 Å². The highest BCUT2D eigenvalue weighted by molar-refractivity contribution is 6.31. The van der Waals surface area contributed by atoms with Crippen molar-refractivity contribution in [3.8, 4) is 11.4 Å². The smallest absolute Gasteiger partial charge is 0.259 e. The largest absolute Gasteiger partial charge is 0.322 e. The van der Waals surface area contributed by atoms with E-state index >= 15 is 0 Å². The molecule has 0 saturated heterocycles. The molecule has 1 fully saturated rings. The SMILES string of the molecule is Cc1ccc(-n2ncc(C(=O)Nc3cccc(-n4cccn4)c3)c2C2CC2)cc1Cl. The maximum absolute atomic E-state index is 13.1. The number of halogens is 1. The quantitative estimate of drug-likeness (QED) is 0.488. The molecule has 1 N–H and O–H groups in total. The fraction of sp³-hybridized carbons (Fsp3) is 0.174. The lowest BCUT2D eigenvalue weighted by Crippen LogP contribution is -2.14. The second kappa shape index (κ2) is 7.46. The molecule has 0 bridgehead atoms. The summed E-state index contributed by atoms with van der Waals surface area (Å²) >= 11 is 6.32. The number of anilines is 1. The first kappa shape index (κ1) is 18.6. The molecule has 4 aromatic rings. The monoisotopic (exact) mass is 417 g/mol. The van der Waals surface area contributed by atoms with Crippen LogP contribution in [0.15, 0.2) is 67.1 Å². The van der Waals surface area contributed by atoms with Gasteiger partial charge in [-0.25, -0.2) is 9.36 Å².